The monoisotopic (exact) mass is 640 g/mol. The van der Waals surface area contributed by atoms with Gasteiger partial charge in [0, 0.05) is 22.3 Å². The lowest BCUT2D eigenvalue weighted by molar-refractivity contribution is 0.414. The van der Waals surface area contributed by atoms with E-state index in [1.165, 1.54) is 0 Å². The summed E-state index contributed by atoms with van der Waals surface area (Å²) in [6.45, 7) is 0. The summed E-state index contributed by atoms with van der Waals surface area (Å²) in [5.41, 5.74) is 7.52. The molecule has 3 aromatic heterocycles. The summed E-state index contributed by atoms with van der Waals surface area (Å²) in [5, 5.41) is 0. The van der Waals surface area contributed by atoms with E-state index < -0.39 is 0 Å². The number of nitrogens with zero attached hydrogens (tertiary/aromatic N) is 2. The number of imidazole rings is 2. The first-order chi connectivity index (χ1) is 23.1. The minimum Gasteiger partial charge on any atom is -0.497 e. The molecule has 234 valence electrons. The van der Waals surface area contributed by atoms with E-state index in [-0.39, 0.29) is 0 Å². The van der Waals surface area contributed by atoms with E-state index in [2.05, 4.69) is 22.1 Å². The van der Waals surface area contributed by atoms with Gasteiger partial charge in [0.15, 0.2) is 0 Å². The smallest absolute Gasteiger partial charge is 0.148 e. The van der Waals surface area contributed by atoms with Crippen LogP contribution in [0.25, 0.3) is 66.4 Å². The molecular weight excluding hydrogens is 609 g/mol. The molecule has 47 heavy (non-hydrogen) atoms. The third kappa shape index (κ3) is 5.96. The number of nitrogens with one attached hydrogen (secondary N) is 2. The predicted octanol–water partition coefficient (Wildman–Crippen LogP) is 9.23. The normalized spacial score (nSPS) is 11.0. The molecule has 0 radical (unpaired) electrons. The van der Waals surface area contributed by atoms with Gasteiger partial charge in [-0.3, -0.25) is 0 Å². The van der Waals surface area contributed by atoms with Gasteiger partial charge in [-0.05, 0) is 109 Å². The number of hydrogen-bond donors (Lipinski definition) is 2. The minimum atomic E-state index is 0.773. The third-order valence-electron chi connectivity index (χ3n) is 7.96. The van der Waals surface area contributed by atoms with Crippen molar-refractivity contribution in [1.82, 2.24) is 19.9 Å². The molecule has 3 heterocycles. The predicted molar refractivity (Wildman–Crippen MR) is 187 cm³/mol. The molecule has 0 aliphatic carbocycles. The van der Waals surface area contributed by atoms with Gasteiger partial charge in [0.1, 0.15) is 34.6 Å². The topological polar surface area (TPSA) is 94.3 Å². The van der Waals surface area contributed by atoms with E-state index in [9.17, 15) is 0 Å². The lowest BCUT2D eigenvalue weighted by Gasteiger charge is -2.06. The van der Waals surface area contributed by atoms with E-state index in [4.69, 9.17) is 28.9 Å². The summed E-state index contributed by atoms with van der Waals surface area (Å²) in [5.74, 6) is 4.72. The van der Waals surface area contributed by atoms with Crippen LogP contribution in [0.4, 0.5) is 0 Å². The molecule has 0 bridgehead atoms. The van der Waals surface area contributed by atoms with Crippen LogP contribution in [-0.2, 0) is 0 Å². The number of aromatic amines is 2. The standard InChI is InChI=1S/C38H32N4O4S/c1-43-27-13-5-23(6-14-27)33-34(24-7-15-28(44-2)16-8-24)40-37(39-33)31-21-22-32(47-31)38-41-35(25-9-17-29(45-3)18-10-25)36(42-38)26-11-19-30(46-4)20-12-26/h5-22H,1-4H3,(H,39,40)(H,41,42). The Bertz CT molecular complexity index is 1830. The number of aromatic nitrogens is 4. The summed E-state index contributed by atoms with van der Waals surface area (Å²) in [6, 6.07) is 36.0. The van der Waals surface area contributed by atoms with Gasteiger partial charge >= 0.3 is 0 Å². The van der Waals surface area contributed by atoms with E-state index >= 15 is 0 Å². The first-order valence-electron chi connectivity index (χ1n) is 14.9. The van der Waals surface area contributed by atoms with Crippen molar-refractivity contribution >= 4 is 11.3 Å². The van der Waals surface area contributed by atoms with Gasteiger partial charge in [-0.1, -0.05) is 0 Å². The van der Waals surface area contributed by atoms with Crippen LogP contribution in [0.2, 0.25) is 0 Å². The van der Waals surface area contributed by atoms with Crippen molar-refractivity contribution in [3.63, 3.8) is 0 Å². The van der Waals surface area contributed by atoms with Gasteiger partial charge in [0.25, 0.3) is 0 Å². The lowest BCUT2D eigenvalue weighted by Crippen LogP contribution is -1.87. The Labute approximate surface area is 276 Å². The van der Waals surface area contributed by atoms with Gasteiger partial charge < -0.3 is 28.9 Å². The average Bonchev–Trinajstić information content (AvgIpc) is 3.91. The number of ether oxygens (including phenoxy) is 4. The second-order valence-electron chi connectivity index (χ2n) is 10.7. The van der Waals surface area contributed by atoms with E-state index in [1.807, 2.05) is 97.1 Å². The third-order valence-corrected chi connectivity index (χ3v) is 9.06. The van der Waals surface area contributed by atoms with Gasteiger partial charge in [-0.25, -0.2) is 9.97 Å². The molecule has 0 saturated carbocycles. The molecule has 0 fully saturated rings. The highest BCUT2D eigenvalue weighted by molar-refractivity contribution is 7.18. The summed E-state index contributed by atoms with van der Waals surface area (Å²) in [6.07, 6.45) is 0. The summed E-state index contributed by atoms with van der Waals surface area (Å²) < 4.78 is 21.6. The SMILES string of the molecule is COc1ccc(-c2nc(-c3ccc(-c4nc(-c5ccc(OC)cc5)c(-c5ccc(OC)cc5)[nH]4)s3)[nH]c2-c2ccc(OC)cc2)cc1. The number of thiophene rings is 1. The Kier molecular flexibility index (Phi) is 8.20. The van der Waals surface area contributed by atoms with Crippen LogP contribution < -0.4 is 18.9 Å². The fraction of sp³-hybridized carbons (Fsp3) is 0.105. The fourth-order valence-corrected chi connectivity index (χ4v) is 6.32. The van der Waals surface area contributed by atoms with Gasteiger partial charge in [0.05, 0.1) is 61.0 Å². The number of methoxy groups -OCH3 is 4. The summed E-state index contributed by atoms with van der Waals surface area (Å²) in [7, 11) is 6.66. The quantitative estimate of drug-likeness (QED) is 0.155. The van der Waals surface area contributed by atoms with E-state index in [0.29, 0.717) is 0 Å². The maximum absolute atomic E-state index is 5.39. The zero-order valence-electron chi connectivity index (χ0n) is 26.3. The van der Waals surface area contributed by atoms with Crippen molar-refractivity contribution < 1.29 is 18.9 Å². The highest BCUT2D eigenvalue weighted by atomic mass is 32.1. The van der Waals surface area contributed by atoms with Crippen LogP contribution >= 0.6 is 11.3 Å². The Balaban J connectivity index is 1.29. The highest BCUT2D eigenvalue weighted by Gasteiger charge is 2.20. The molecule has 8 nitrogen and oxygen atoms in total. The van der Waals surface area contributed by atoms with E-state index in [0.717, 1.165) is 89.4 Å². The molecule has 9 heteroatoms. The number of hydrogen-bond acceptors (Lipinski definition) is 7. The van der Waals surface area contributed by atoms with Crippen LogP contribution in [0, 0.1) is 0 Å². The van der Waals surface area contributed by atoms with Crippen molar-refractivity contribution in [3.05, 3.63) is 109 Å². The lowest BCUT2D eigenvalue weighted by atomic mass is 10.0. The van der Waals surface area contributed by atoms with Crippen LogP contribution in [0.3, 0.4) is 0 Å². The molecule has 0 amide bonds. The van der Waals surface area contributed by atoms with Gasteiger partial charge in [0.2, 0.25) is 0 Å². The number of benzene rings is 4. The zero-order valence-corrected chi connectivity index (χ0v) is 27.1. The molecule has 0 aliphatic rings. The van der Waals surface area contributed by atoms with Crippen molar-refractivity contribution in [2.45, 2.75) is 0 Å². The van der Waals surface area contributed by atoms with Crippen LogP contribution in [0.5, 0.6) is 23.0 Å². The second kappa shape index (κ2) is 12.9. The number of rotatable bonds is 10. The Morgan fingerprint density at radius 1 is 0.404 bits per heavy atom. The molecule has 7 aromatic rings. The second-order valence-corrected chi connectivity index (χ2v) is 11.8. The Morgan fingerprint density at radius 3 is 1.00 bits per heavy atom. The van der Waals surface area contributed by atoms with E-state index in [1.54, 1.807) is 39.8 Å². The molecule has 0 aliphatic heterocycles. The fourth-order valence-electron chi connectivity index (χ4n) is 5.42. The first kappa shape index (κ1) is 29.9. The van der Waals surface area contributed by atoms with Crippen LogP contribution in [-0.4, -0.2) is 48.4 Å². The molecule has 7 rings (SSSR count). The van der Waals surface area contributed by atoms with Crippen molar-refractivity contribution in [2.75, 3.05) is 28.4 Å². The number of H-pyrrole nitrogens is 2. The summed E-state index contributed by atoms with van der Waals surface area (Å²) >= 11 is 1.62. The van der Waals surface area contributed by atoms with Crippen molar-refractivity contribution in [2.24, 2.45) is 0 Å². The van der Waals surface area contributed by atoms with Gasteiger partial charge in [-0.2, -0.15) is 0 Å². The highest BCUT2D eigenvalue weighted by Crippen LogP contribution is 2.40. The van der Waals surface area contributed by atoms with Gasteiger partial charge in [-0.15, -0.1) is 11.3 Å². The largest absolute Gasteiger partial charge is 0.497 e. The molecule has 0 atom stereocenters. The van der Waals surface area contributed by atoms with Crippen LogP contribution in [0.15, 0.2) is 109 Å². The van der Waals surface area contributed by atoms with Crippen LogP contribution in [0.1, 0.15) is 0 Å². The molecule has 0 unspecified atom stereocenters. The maximum atomic E-state index is 5.39. The Hall–Kier alpha value is -5.80. The first-order valence-corrected chi connectivity index (χ1v) is 15.8. The molecular formula is C38H32N4O4S. The van der Waals surface area contributed by atoms with Crippen molar-refractivity contribution in [3.8, 4) is 89.4 Å². The molecule has 4 aromatic carbocycles. The van der Waals surface area contributed by atoms with Crippen molar-refractivity contribution in [1.29, 1.82) is 0 Å². The zero-order chi connectivity index (χ0) is 32.3. The minimum absolute atomic E-state index is 0.773. The summed E-state index contributed by atoms with van der Waals surface area (Å²) in [4.78, 5) is 19.4. The molecule has 2 N–H and O–H groups in total. The Morgan fingerprint density at radius 2 is 0.702 bits per heavy atom. The maximum Gasteiger partial charge on any atom is 0.148 e. The molecule has 0 saturated heterocycles. The average molecular weight is 641 g/mol. The molecule has 0 spiro atoms.